The van der Waals surface area contributed by atoms with Gasteiger partial charge in [0.25, 0.3) is 0 Å². The van der Waals surface area contributed by atoms with Crippen molar-refractivity contribution in [1.29, 1.82) is 0 Å². The van der Waals surface area contributed by atoms with Gasteiger partial charge in [-0.3, -0.25) is 9.59 Å². The molecular weight excluding hydrogens is 528 g/mol. The van der Waals surface area contributed by atoms with E-state index in [-0.39, 0.29) is 48.6 Å². The van der Waals surface area contributed by atoms with Gasteiger partial charge in [-0.2, -0.15) is 0 Å². The van der Waals surface area contributed by atoms with E-state index in [1.165, 1.54) is 7.11 Å². The molecule has 2 bridgehead atoms. The van der Waals surface area contributed by atoms with Gasteiger partial charge in [0.15, 0.2) is 0 Å². The van der Waals surface area contributed by atoms with E-state index in [2.05, 4.69) is 20.8 Å². The number of rotatable bonds is 5. The van der Waals surface area contributed by atoms with Crippen molar-refractivity contribution in [1.82, 2.24) is 0 Å². The summed E-state index contributed by atoms with van der Waals surface area (Å²) in [5, 5.41) is 12.8. The zero-order valence-electron chi connectivity index (χ0n) is 24.6. The second kappa shape index (κ2) is 8.25. The Kier molecular flexibility index (Phi) is 5.47. The standard InChI is InChI=1S/C32H40O9/c1-7-16(2)27(35)40-25-23-26-32(41-26)18(30(5)19(12-21(33)37-6)29(25,4)15-31(23,30)36)8-10-28(3)20(32)13-22(34)39-24(28)17-9-11-38-14-17/h7,9,11,14,18-20,23-26,36H,8,10,12-13,15H2,1-6H3/b16-7+/t18-,19+,20-,23-,24+,25-,26-,28-,29-,30-,31+,32-/m0/s1. The summed E-state index contributed by atoms with van der Waals surface area (Å²) in [6.07, 6.45) is 5.66. The molecule has 9 nitrogen and oxygen atoms in total. The van der Waals surface area contributed by atoms with Crippen LogP contribution in [0.25, 0.3) is 0 Å². The van der Waals surface area contributed by atoms with Crippen LogP contribution < -0.4 is 0 Å². The summed E-state index contributed by atoms with van der Waals surface area (Å²) < 4.78 is 29.7. The van der Waals surface area contributed by atoms with Crippen molar-refractivity contribution >= 4 is 17.9 Å². The monoisotopic (exact) mass is 568 g/mol. The van der Waals surface area contributed by atoms with Crippen LogP contribution in [0.1, 0.15) is 78.4 Å². The quantitative estimate of drug-likeness (QED) is 0.240. The van der Waals surface area contributed by atoms with Crippen molar-refractivity contribution in [3.05, 3.63) is 35.8 Å². The minimum absolute atomic E-state index is 0.0966. The number of fused-ring (bicyclic) bond motifs is 4. The number of esters is 3. The summed E-state index contributed by atoms with van der Waals surface area (Å²) in [5.74, 6) is -2.14. The number of methoxy groups -OCH3 is 1. The zero-order valence-corrected chi connectivity index (χ0v) is 24.6. The fourth-order valence-electron chi connectivity index (χ4n) is 11.0. The molecule has 4 saturated carbocycles. The number of hydrogen-bond acceptors (Lipinski definition) is 9. The molecule has 7 rings (SSSR count). The molecule has 0 aromatic carbocycles. The maximum atomic E-state index is 13.2. The number of ether oxygens (including phenoxy) is 4. The first-order chi connectivity index (χ1) is 19.3. The Hall–Kier alpha value is -2.65. The maximum absolute atomic E-state index is 13.2. The second-order valence-electron chi connectivity index (χ2n) is 14.2. The van der Waals surface area contributed by atoms with Gasteiger partial charge < -0.3 is 28.5 Å². The van der Waals surface area contributed by atoms with Gasteiger partial charge in [-0.1, -0.05) is 26.8 Å². The van der Waals surface area contributed by atoms with Crippen molar-refractivity contribution in [2.75, 3.05) is 7.11 Å². The van der Waals surface area contributed by atoms with E-state index in [0.29, 0.717) is 12.0 Å². The van der Waals surface area contributed by atoms with E-state index < -0.39 is 51.5 Å². The molecule has 9 heteroatoms. The number of carbonyl (C=O) groups excluding carboxylic acids is 3. The van der Waals surface area contributed by atoms with E-state index in [4.69, 9.17) is 23.4 Å². The molecule has 0 unspecified atom stereocenters. The molecule has 2 aliphatic heterocycles. The minimum atomic E-state index is -1.21. The van der Waals surface area contributed by atoms with Crippen LogP contribution in [0.15, 0.2) is 34.7 Å². The first-order valence-electron chi connectivity index (χ1n) is 14.9. The molecule has 222 valence electrons. The average Bonchev–Trinajstić information content (AvgIpc) is 3.21. The van der Waals surface area contributed by atoms with E-state index >= 15 is 0 Å². The highest BCUT2D eigenvalue weighted by molar-refractivity contribution is 5.88. The smallest absolute Gasteiger partial charge is 0.333 e. The fourth-order valence-corrected chi connectivity index (χ4v) is 11.0. The normalized spacial score (nSPS) is 50.8. The number of allylic oxidation sites excluding steroid dienone is 1. The van der Waals surface area contributed by atoms with Gasteiger partial charge in [-0.25, -0.2) is 4.79 Å². The Bertz CT molecular complexity index is 1350. The SMILES string of the molecule is C/C=C(\C)C(=O)O[C@H]1[C@H]2[C@@H]3O[C@]34[C@@H](CC[C@]3(C)[C@@H](c5ccoc5)OC(=O)C[C@@H]34)[C@@]3(C)[C@H](CC(=O)OC)[C@]1(C)C[C@@]23O. The van der Waals surface area contributed by atoms with Crippen LogP contribution >= 0.6 is 0 Å². The molecule has 0 amide bonds. The molecular formula is C32H40O9. The Morgan fingerprint density at radius 1 is 1.20 bits per heavy atom. The molecule has 1 N–H and O–H groups in total. The van der Waals surface area contributed by atoms with Gasteiger partial charge in [-0.15, -0.1) is 0 Å². The molecule has 4 aliphatic carbocycles. The number of epoxide rings is 1. The average molecular weight is 569 g/mol. The van der Waals surface area contributed by atoms with Crippen LogP contribution in [0.5, 0.6) is 0 Å². The number of hydrogen-bond donors (Lipinski definition) is 1. The Labute approximate surface area is 239 Å². The van der Waals surface area contributed by atoms with E-state index in [1.54, 1.807) is 32.4 Å². The van der Waals surface area contributed by atoms with Gasteiger partial charge >= 0.3 is 17.9 Å². The van der Waals surface area contributed by atoms with Crippen LogP contribution in [0.3, 0.4) is 0 Å². The van der Waals surface area contributed by atoms with Gasteiger partial charge in [0.05, 0.1) is 43.7 Å². The van der Waals surface area contributed by atoms with Crippen molar-refractivity contribution in [3.63, 3.8) is 0 Å². The van der Waals surface area contributed by atoms with Gasteiger partial charge in [0.2, 0.25) is 0 Å². The lowest BCUT2D eigenvalue weighted by molar-refractivity contribution is -0.249. The summed E-state index contributed by atoms with van der Waals surface area (Å²) in [4.78, 5) is 39.3. The summed E-state index contributed by atoms with van der Waals surface area (Å²) in [5.41, 5.74) is -2.41. The van der Waals surface area contributed by atoms with Crippen LogP contribution in [0, 0.1) is 39.9 Å². The molecule has 1 spiro atoms. The zero-order chi connectivity index (χ0) is 29.3. The number of furan rings is 1. The van der Waals surface area contributed by atoms with Crippen molar-refractivity contribution < 1.29 is 42.9 Å². The minimum Gasteiger partial charge on any atom is -0.472 e. The summed E-state index contributed by atoms with van der Waals surface area (Å²) in [6, 6.07) is 1.85. The van der Waals surface area contributed by atoms with Crippen molar-refractivity contribution in [3.8, 4) is 0 Å². The predicted octanol–water partition coefficient (Wildman–Crippen LogP) is 4.29. The Morgan fingerprint density at radius 3 is 2.61 bits per heavy atom. The van der Waals surface area contributed by atoms with E-state index in [0.717, 1.165) is 18.4 Å². The van der Waals surface area contributed by atoms with Gasteiger partial charge in [0.1, 0.15) is 17.8 Å². The third-order valence-electron chi connectivity index (χ3n) is 12.9. The third kappa shape index (κ3) is 3.02. The first kappa shape index (κ1) is 27.2. The third-order valence-corrected chi connectivity index (χ3v) is 12.9. The first-order valence-corrected chi connectivity index (χ1v) is 14.9. The van der Waals surface area contributed by atoms with Crippen molar-refractivity contribution in [2.24, 2.45) is 39.9 Å². The van der Waals surface area contributed by atoms with Crippen molar-refractivity contribution in [2.45, 2.75) is 96.2 Å². The maximum Gasteiger partial charge on any atom is 0.333 e. The molecule has 3 heterocycles. The predicted molar refractivity (Wildman–Crippen MR) is 143 cm³/mol. The Balaban J connectivity index is 1.37. The Morgan fingerprint density at radius 2 is 1.95 bits per heavy atom. The summed E-state index contributed by atoms with van der Waals surface area (Å²) >= 11 is 0. The summed E-state index contributed by atoms with van der Waals surface area (Å²) in [6.45, 7) is 9.83. The molecule has 0 radical (unpaired) electrons. The molecule has 1 aromatic rings. The highest BCUT2D eigenvalue weighted by Gasteiger charge is 2.93. The lowest BCUT2D eigenvalue weighted by Crippen LogP contribution is -2.72. The van der Waals surface area contributed by atoms with Gasteiger partial charge in [-0.05, 0) is 51.0 Å². The van der Waals surface area contributed by atoms with Crippen LogP contribution in [0.4, 0.5) is 0 Å². The molecule has 6 aliphatic rings. The number of carbonyl (C=O) groups is 3. The highest BCUT2D eigenvalue weighted by atomic mass is 16.6. The number of aliphatic hydroxyl groups is 1. The highest BCUT2D eigenvalue weighted by Crippen LogP contribution is 2.85. The molecule has 41 heavy (non-hydrogen) atoms. The van der Waals surface area contributed by atoms with E-state index in [1.807, 2.05) is 6.07 Å². The fraction of sp³-hybridized carbons (Fsp3) is 0.719. The molecule has 2 saturated heterocycles. The van der Waals surface area contributed by atoms with Crippen LogP contribution in [-0.2, 0) is 33.3 Å². The van der Waals surface area contributed by atoms with Crippen LogP contribution in [-0.4, -0.2) is 53.5 Å². The topological polar surface area (TPSA) is 125 Å². The molecule has 12 atom stereocenters. The van der Waals surface area contributed by atoms with Crippen LogP contribution in [0.2, 0.25) is 0 Å². The second-order valence-corrected chi connectivity index (χ2v) is 14.2. The van der Waals surface area contributed by atoms with E-state index in [9.17, 15) is 19.5 Å². The lowest BCUT2D eigenvalue weighted by atomic mass is 9.39. The molecule has 1 aromatic heterocycles. The lowest BCUT2D eigenvalue weighted by Gasteiger charge is -2.65. The summed E-state index contributed by atoms with van der Waals surface area (Å²) in [7, 11) is 1.38. The van der Waals surface area contributed by atoms with Gasteiger partial charge in [0, 0.05) is 39.7 Å². The number of cyclic esters (lactones) is 1. The largest absolute Gasteiger partial charge is 0.472 e. The molecule has 6 fully saturated rings.